The van der Waals surface area contributed by atoms with Gasteiger partial charge in [0, 0.05) is 12.1 Å². The second-order valence-corrected chi connectivity index (χ2v) is 8.63. The van der Waals surface area contributed by atoms with E-state index >= 15 is 0 Å². The Kier molecular flexibility index (Phi) is 4.64. The predicted octanol–water partition coefficient (Wildman–Crippen LogP) is 4.46. The molecule has 1 aromatic rings. The summed E-state index contributed by atoms with van der Waals surface area (Å²) in [4.78, 5) is 14.4. The third kappa shape index (κ3) is 4.01. The standard InChI is InChI=1S/C20H25F2NO5/c1-19(2,3)28-18(24)23-13-5-6-14(23)10-15(9-13)25-11-12-4-7-16-17(8-12)27-20(21,22)26-16/h4,7-8,13-15H,5-6,9-11H2,1-3H3/t13-,14+,15?. The van der Waals surface area contributed by atoms with Crippen molar-refractivity contribution in [1.29, 1.82) is 0 Å². The largest absolute Gasteiger partial charge is 0.586 e. The molecule has 0 aromatic heterocycles. The monoisotopic (exact) mass is 397 g/mol. The quantitative estimate of drug-likeness (QED) is 0.754. The van der Waals surface area contributed by atoms with E-state index in [0.717, 1.165) is 31.2 Å². The van der Waals surface area contributed by atoms with Gasteiger partial charge in [-0.25, -0.2) is 4.79 Å². The van der Waals surface area contributed by atoms with Gasteiger partial charge in [-0.3, -0.25) is 0 Å². The van der Waals surface area contributed by atoms with Crippen molar-refractivity contribution in [3.05, 3.63) is 23.8 Å². The van der Waals surface area contributed by atoms with Crippen LogP contribution in [0.5, 0.6) is 11.5 Å². The number of halogens is 2. The maximum Gasteiger partial charge on any atom is 0.586 e. The van der Waals surface area contributed by atoms with Crippen LogP contribution in [0.4, 0.5) is 13.6 Å². The van der Waals surface area contributed by atoms with E-state index in [2.05, 4.69) is 9.47 Å². The SMILES string of the molecule is CC(C)(C)OC(=O)N1[C@@H]2CC[C@H]1CC(OCc1ccc3c(c1)OC(F)(F)O3)C2. The van der Waals surface area contributed by atoms with Gasteiger partial charge in [0.1, 0.15) is 5.60 Å². The number of hydrogen-bond acceptors (Lipinski definition) is 5. The molecule has 2 saturated heterocycles. The predicted molar refractivity (Wildman–Crippen MR) is 95.3 cm³/mol. The maximum absolute atomic E-state index is 13.1. The number of ether oxygens (including phenoxy) is 4. The highest BCUT2D eigenvalue weighted by Crippen LogP contribution is 2.42. The van der Waals surface area contributed by atoms with Crippen LogP contribution in [-0.4, -0.2) is 41.1 Å². The molecule has 4 rings (SSSR count). The summed E-state index contributed by atoms with van der Waals surface area (Å²) in [6.07, 6.45) is -0.462. The first-order chi connectivity index (χ1) is 13.1. The summed E-state index contributed by atoms with van der Waals surface area (Å²) in [5, 5.41) is 0. The lowest BCUT2D eigenvalue weighted by atomic mass is 10.00. The van der Waals surface area contributed by atoms with Gasteiger partial charge in [-0.05, 0) is 64.2 Å². The average molecular weight is 397 g/mol. The molecule has 1 unspecified atom stereocenters. The molecule has 1 amide bonds. The Morgan fingerprint density at radius 2 is 1.82 bits per heavy atom. The van der Waals surface area contributed by atoms with Gasteiger partial charge in [-0.2, -0.15) is 0 Å². The van der Waals surface area contributed by atoms with Crippen LogP contribution in [0.2, 0.25) is 0 Å². The molecule has 2 bridgehead atoms. The lowest BCUT2D eigenvalue weighted by Gasteiger charge is -2.39. The zero-order valence-corrected chi connectivity index (χ0v) is 16.2. The van der Waals surface area contributed by atoms with Crippen molar-refractivity contribution in [2.75, 3.05) is 0 Å². The van der Waals surface area contributed by atoms with Crippen LogP contribution in [0, 0.1) is 0 Å². The fourth-order valence-corrected chi connectivity index (χ4v) is 4.17. The molecule has 6 nitrogen and oxygen atoms in total. The fourth-order valence-electron chi connectivity index (χ4n) is 4.17. The van der Waals surface area contributed by atoms with Crippen molar-refractivity contribution in [3.8, 4) is 11.5 Å². The van der Waals surface area contributed by atoms with E-state index in [1.54, 1.807) is 6.07 Å². The van der Waals surface area contributed by atoms with Gasteiger partial charge in [0.25, 0.3) is 0 Å². The number of fused-ring (bicyclic) bond motifs is 3. The van der Waals surface area contributed by atoms with Gasteiger partial charge in [-0.15, -0.1) is 8.78 Å². The number of benzene rings is 1. The molecule has 154 valence electrons. The molecule has 0 saturated carbocycles. The van der Waals surface area contributed by atoms with E-state index in [4.69, 9.17) is 9.47 Å². The average Bonchev–Trinajstić information content (AvgIpc) is 3.02. The molecule has 0 spiro atoms. The normalized spacial score (nSPS) is 27.8. The fraction of sp³-hybridized carbons (Fsp3) is 0.650. The van der Waals surface area contributed by atoms with Crippen LogP contribution in [0.25, 0.3) is 0 Å². The van der Waals surface area contributed by atoms with Crippen molar-refractivity contribution in [1.82, 2.24) is 4.90 Å². The number of nitrogens with zero attached hydrogens (tertiary/aromatic N) is 1. The molecule has 2 fully saturated rings. The van der Waals surface area contributed by atoms with Crippen molar-refractivity contribution >= 4 is 6.09 Å². The zero-order valence-electron chi connectivity index (χ0n) is 16.2. The van der Waals surface area contributed by atoms with Gasteiger partial charge in [0.15, 0.2) is 11.5 Å². The molecule has 28 heavy (non-hydrogen) atoms. The second-order valence-electron chi connectivity index (χ2n) is 8.63. The molecule has 1 aromatic carbocycles. The minimum absolute atomic E-state index is 0.0167. The van der Waals surface area contributed by atoms with Crippen molar-refractivity contribution < 1.29 is 32.5 Å². The highest BCUT2D eigenvalue weighted by atomic mass is 19.3. The van der Waals surface area contributed by atoms with Gasteiger partial charge >= 0.3 is 12.4 Å². The van der Waals surface area contributed by atoms with Crippen LogP contribution >= 0.6 is 0 Å². The number of rotatable bonds is 3. The summed E-state index contributed by atoms with van der Waals surface area (Å²) in [5.41, 5.74) is 0.224. The summed E-state index contributed by atoms with van der Waals surface area (Å²) >= 11 is 0. The molecular formula is C20H25F2NO5. The number of amides is 1. The summed E-state index contributed by atoms with van der Waals surface area (Å²) in [6.45, 7) is 5.89. The minimum atomic E-state index is -3.62. The first-order valence-electron chi connectivity index (χ1n) is 9.61. The first-order valence-corrected chi connectivity index (χ1v) is 9.61. The third-order valence-corrected chi connectivity index (χ3v) is 5.25. The van der Waals surface area contributed by atoms with E-state index in [9.17, 15) is 13.6 Å². The number of piperidine rings is 1. The van der Waals surface area contributed by atoms with Gasteiger partial charge < -0.3 is 23.8 Å². The highest BCUT2D eigenvalue weighted by molar-refractivity contribution is 5.69. The summed E-state index contributed by atoms with van der Waals surface area (Å²) < 4.78 is 46.7. The van der Waals surface area contributed by atoms with Gasteiger partial charge in [-0.1, -0.05) is 6.07 Å². The Labute approximate surface area is 162 Å². The van der Waals surface area contributed by atoms with Gasteiger partial charge in [0.05, 0.1) is 12.7 Å². The van der Waals surface area contributed by atoms with E-state index in [-0.39, 0.29) is 35.8 Å². The molecule has 0 aliphatic carbocycles. The van der Waals surface area contributed by atoms with Crippen LogP contribution in [0.15, 0.2) is 18.2 Å². The van der Waals surface area contributed by atoms with Crippen molar-refractivity contribution in [2.24, 2.45) is 0 Å². The molecule has 0 radical (unpaired) electrons. The smallest absolute Gasteiger partial charge is 0.444 e. The van der Waals surface area contributed by atoms with Gasteiger partial charge in [0.2, 0.25) is 0 Å². The molecule has 3 aliphatic heterocycles. The minimum Gasteiger partial charge on any atom is -0.444 e. The molecule has 0 N–H and O–H groups in total. The summed E-state index contributed by atoms with van der Waals surface area (Å²) in [7, 11) is 0. The van der Waals surface area contributed by atoms with Crippen LogP contribution in [0.1, 0.15) is 52.0 Å². The van der Waals surface area contributed by atoms with Crippen LogP contribution < -0.4 is 9.47 Å². The molecular weight excluding hydrogens is 372 g/mol. The van der Waals surface area contributed by atoms with E-state index in [1.807, 2.05) is 25.7 Å². The Balaban J connectivity index is 1.33. The number of carbonyl (C=O) groups excluding carboxylic acids is 1. The maximum atomic E-state index is 13.1. The van der Waals surface area contributed by atoms with E-state index < -0.39 is 11.9 Å². The Bertz CT molecular complexity index is 749. The Hall–Kier alpha value is -2.09. The topological polar surface area (TPSA) is 57.2 Å². The molecule has 3 aliphatic rings. The zero-order chi connectivity index (χ0) is 20.1. The second kappa shape index (κ2) is 6.76. The van der Waals surface area contributed by atoms with Crippen LogP contribution in [-0.2, 0) is 16.1 Å². The molecule has 3 heterocycles. The third-order valence-electron chi connectivity index (χ3n) is 5.25. The summed E-state index contributed by atoms with van der Waals surface area (Å²) in [5.74, 6) is 0.0448. The number of hydrogen-bond donors (Lipinski definition) is 0. The summed E-state index contributed by atoms with van der Waals surface area (Å²) in [6, 6.07) is 4.90. The van der Waals surface area contributed by atoms with Crippen molar-refractivity contribution in [3.63, 3.8) is 0 Å². The van der Waals surface area contributed by atoms with Crippen LogP contribution in [0.3, 0.4) is 0 Å². The Morgan fingerprint density at radius 1 is 1.18 bits per heavy atom. The van der Waals surface area contributed by atoms with E-state index in [0.29, 0.717) is 6.61 Å². The number of carbonyl (C=O) groups is 1. The lowest BCUT2D eigenvalue weighted by molar-refractivity contribution is -0.286. The van der Waals surface area contributed by atoms with E-state index in [1.165, 1.54) is 12.1 Å². The highest BCUT2D eigenvalue weighted by Gasteiger charge is 2.45. The first kappa shape index (κ1) is 19.2. The molecule has 8 heteroatoms. The number of alkyl halides is 2. The molecule has 3 atom stereocenters. The lowest BCUT2D eigenvalue weighted by Crippen LogP contribution is -2.50. The Morgan fingerprint density at radius 3 is 2.46 bits per heavy atom. The van der Waals surface area contributed by atoms with Crippen molar-refractivity contribution in [2.45, 2.75) is 83.1 Å².